The number of rotatable bonds is 5. The summed E-state index contributed by atoms with van der Waals surface area (Å²) in [6.45, 7) is 5.49. The molecule has 0 unspecified atom stereocenters. The topological polar surface area (TPSA) is 43.8 Å². The molecule has 0 saturated carbocycles. The highest BCUT2D eigenvalue weighted by molar-refractivity contribution is 9.13. The van der Waals surface area contributed by atoms with Crippen molar-refractivity contribution in [3.63, 3.8) is 0 Å². The lowest BCUT2D eigenvalue weighted by Gasteiger charge is -2.34. The van der Waals surface area contributed by atoms with E-state index >= 15 is 0 Å². The predicted molar refractivity (Wildman–Crippen MR) is 85.8 cm³/mol. The van der Waals surface area contributed by atoms with E-state index in [1.165, 1.54) is 5.56 Å². The molecule has 0 spiro atoms. The Morgan fingerprint density at radius 1 is 1.10 bits per heavy atom. The van der Waals surface area contributed by atoms with Gasteiger partial charge in [0.1, 0.15) is 0 Å². The number of benzene rings is 1. The molecule has 1 aliphatic heterocycles. The summed E-state index contributed by atoms with van der Waals surface area (Å²) in [7, 11) is 0. The van der Waals surface area contributed by atoms with Crippen LogP contribution in [0.1, 0.15) is 12.0 Å². The standard InChI is InChI=1S/C14H18Br2N2O2/c15-12-2-1-11(9-13(12)16)10-18-7-5-17(6-8-18)4-3-14(19)20/h1-2,9H,3-8,10H2,(H,19,20). The van der Waals surface area contributed by atoms with Crippen molar-refractivity contribution in [1.29, 1.82) is 0 Å². The summed E-state index contributed by atoms with van der Waals surface area (Å²) < 4.78 is 2.15. The molecular formula is C14H18Br2N2O2. The van der Waals surface area contributed by atoms with Crippen molar-refractivity contribution in [2.24, 2.45) is 0 Å². The van der Waals surface area contributed by atoms with Gasteiger partial charge in [-0.25, -0.2) is 0 Å². The molecule has 0 aromatic heterocycles. The second-order valence-corrected chi connectivity index (χ2v) is 6.72. The normalized spacial score (nSPS) is 17.3. The first-order chi connectivity index (χ1) is 9.54. The third kappa shape index (κ3) is 4.84. The molecule has 0 radical (unpaired) electrons. The summed E-state index contributed by atoms with van der Waals surface area (Å²) in [5.41, 5.74) is 1.29. The van der Waals surface area contributed by atoms with E-state index in [1.54, 1.807) is 0 Å². The monoisotopic (exact) mass is 404 g/mol. The highest BCUT2D eigenvalue weighted by Gasteiger charge is 2.17. The van der Waals surface area contributed by atoms with E-state index in [0.29, 0.717) is 6.54 Å². The number of hydrogen-bond acceptors (Lipinski definition) is 3. The van der Waals surface area contributed by atoms with Gasteiger partial charge in [-0.3, -0.25) is 9.69 Å². The van der Waals surface area contributed by atoms with Crippen molar-refractivity contribution in [1.82, 2.24) is 9.80 Å². The van der Waals surface area contributed by atoms with Crippen LogP contribution in [0.4, 0.5) is 0 Å². The lowest BCUT2D eigenvalue weighted by atomic mass is 10.2. The molecule has 1 aliphatic rings. The van der Waals surface area contributed by atoms with Gasteiger partial charge in [0.05, 0.1) is 6.42 Å². The predicted octanol–water partition coefficient (Wildman–Crippen LogP) is 2.80. The van der Waals surface area contributed by atoms with Gasteiger partial charge in [-0.05, 0) is 49.6 Å². The van der Waals surface area contributed by atoms with Crippen LogP contribution in [-0.4, -0.2) is 53.6 Å². The van der Waals surface area contributed by atoms with E-state index in [4.69, 9.17) is 5.11 Å². The summed E-state index contributed by atoms with van der Waals surface area (Å²) in [5.74, 6) is -0.716. The Morgan fingerprint density at radius 2 is 1.75 bits per heavy atom. The third-order valence-electron chi connectivity index (χ3n) is 3.50. The summed E-state index contributed by atoms with van der Waals surface area (Å²) >= 11 is 7.00. The largest absolute Gasteiger partial charge is 0.481 e. The lowest BCUT2D eigenvalue weighted by Crippen LogP contribution is -2.46. The average Bonchev–Trinajstić information content (AvgIpc) is 2.42. The average molecular weight is 406 g/mol. The number of carboxylic acid groups (broad SMARTS) is 1. The van der Waals surface area contributed by atoms with Crippen molar-refractivity contribution in [2.75, 3.05) is 32.7 Å². The second-order valence-electron chi connectivity index (χ2n) is 5.01. The minimum atomic E-state index is -0.716. The molecule has 1 aromatic carbocycles. The molecule has 2 rings (SSSR count). The first-order valence-electron chi connectivity index (χ1n) is 6.65. The third-order valence-corrected chi connectivity index (χ3v) is 5.38. The molecule has 20 heavy (non-hydrogen) atoms. The van der Waals surface area contributed by atoms with Crippen LogP contribution in [0, 0.1) is 0 Å². The molecule has 110 valence electrons. The Hall–Kier alpha value is -0.430. The van der Waals surface area contributed by atoms with Crippen LogP contribution in [0.15, 0.2) is 27.1 Å². The molecular weight excluding hydrogens is 388 g/mol. The van der Waals surface area contributed by atoms with Crippen LogP contribution in [0.2, 0.25) is 0 Å². The van der Waals surface area contributed by atoms with Gasteiger partial charge in [0, 0.05) is 48.2 Å². The number of nitrogens with zero attached hydrogens (tertiary/aromatic N) is 2. The molecule has 1 aromatic rings. The highest BCUT2D eigenvalue weighted by atomic mass is 79.9. The zero-order chi connectivity index (χ0) is 14.5. The van der Waals surface area contributed by atoms with Crippen molar-refractivity contribution in [2.45, 2.75) is 13.0 Å². The molecule has 1 saturated heterocycles. The number of piperazine rings is 1. The van der Waals surface area contributed by atoms with Gasteiger partial charge in [0.25, 0.3) is 0 Å². The second kappa shape index (κ2) is 7.54. The van der Waals surface area contributed by atoms with Crippen molar-refractivity contribution >= 4 is 37.8 Å². The van der Waals surface area contributed by atoms with Crippen molar-refractivity contribution in [3.8, 4) is 0 Å². The molecule has 1 N–H and O–H groups in total. The van der Waals surface area contributed by atoms with Gasteiger partial charge >= 0.3 is 5.97 Å². The highest BCUT2D eigenvalue weighted by Crippen LogP contribution is 2.24. The number of carboxylic acids is 1. The molecule has 0 amide bonds. The molecule has 1 fully saturated rings. The minimum absolute atomic E-state index is 0.236. The first kappa shape index (κ1) is 15.9. The summed E-state index contributed by atoms with van der Waals surface area (Å²) in [6, 6.07) is 6.33. The summed E-state index contributed by atoms with van der Waals surface area (Å²) in [4.78, 5) is 15.2. The van der Waals surface area contributed by atoms with Crippen molar-refractivity contribution < 1.29 is 9.90 Å². The Bertz CT molecular complexity index is 474. The maximum atomic E-state index is 10.6. The van der Waals surface area contributed by atoms with Gasteiger partial charge < -0.3 is 10.0 Å². The van der Waals surface area contributed by atoms with Gasteiger partial charge in [-0.1, -0.05) is 6.07 Å². The smallest absolute Gasteiger partial charge is 0.304 e. The maximum absolute atomic E-state index is 10.6. The Balaban J connectivity index is 1.79. The lowest BCUT2D eigenvalue weighted by molar-refractivity contribution is -0.137. The summed E-state index contributed by atoms with van der Waals surface area (Å²) in [6.07, 6.45) is 0.236. The van der Waals surface area contributed by atoms with Crippen molar-refractivity contribution in [3.05, 3.63) is 32.7 Å². The Labute approximate surface area is 136 Å². The van der Waals surface area contributed by atoms with E-state index < -0.39 is 5.97 Å². The zero-order valence-electron chi connectivity index (χ0n) is 11.2. The van der Waals surface area contributed by atoms with Gasteiger partial charge in [-0.15, -0.1) is 0 Å². The Kier molecular flexibility index (Phi) is 6.01. The number of carbonyl (C=O) groups is 1. The Morgan fingerprint density at radius 3 is 2.35 bits per heavy atom. The number of hydrogen-bond donors (Lipinski definition) is 1. The van der Waals surface area contributed by atoms with E-state index in [9.17, 15) is 4.79 Å². The van der Waals surface area contributed by atoms with Crippen LogP contribution in [0.3, 0.4) is 0 Å². The van der Waals surface area contributed by atoms with E-state index in [1.807, 2.05) is 0 Å². The fourth-order valence-electron chi connectivity index (χ4n) is 2.32. The summed E-state index contributed by atoms with van der Waals surface area (Å²) in [5, 5.41) is 8.69. The fourth-order valence-corrected chi connectivity index (χ4v) is 2.99. The first-order valence-corrected chi connectivity index (χ1v) is 8.23. The van der Waals surface area contributed by atoms with Gasteiger partial charge in [0.2, 0.25) is 0 Å². The molecule has 0 atom stereocenters. The zero-order valence-corrected chi connectivity index (χ0v) is 14.4. The number of halogens is 2. The van der Waals surface area contributed by atoms with Crippen LogP contribution >= 0.6 is 31.9 Å². The number of aliphatic carboxylic acids is 1. The fraction of sp³-hybridized carbons (Fsp3) is 0.500. The van der Waals surface area contributed by atoms with Gasteiger partial charge in [0.15, 0.2) is 0 Å². The SMILES string of the molecule is O=C(O)CCN1CCN(Cc2ccc(Br)c(Br)c2)CC1. The molecule has 4 nitrogen and oxygen atoms in total. The van der Waals surface area contributed by atoms with Crippen LogP contribution in [0.5, 0.6) is 0 Å². The van der Waals surface area contributed by atoms with E-state index in [-0.39, 0.29) is 6.42 Å². The van der Waals surface area contributed by atoms with Crippen LogP contribution < -0.4 is 0 Å². The van der Waals surface area contributed by atoms with Crippen LogP contribution in [0.25, 0.3) is 0 Å². The molecule has 0 aliphatic carbocycles. The van der Waals surface area contributed by atoms with E-state index in [2.05, 4.69) is 59.9 Å². The quantitative estimate of drug-likeness (QED) is 0.817. The molecule has 6 heteroatoms. The molecule has 0 bridgehead atoms. The van der Waals surface area contributed by atoms with E-state index in [0.717, 1.165) is 41.7 Å². The van der Waals surface area contributed by atoms with Crippen LogP contribution in [-0.2, 0) is 11.3 Å². The van der Waals surface area contributed by atoms with Gasteiger partial charge in [-0.2, -0.15) is 0 Å². The minimum Gasteiger partial charge on any atom is -0.481 e. The molecule has 1 heterocycles. The maximum Gasteiger partial charge on any atom is 0.304 e.